The number of nitrogens with zero attached hydrogens (tertiary/aromatic N) is 1. The fraction of sp³-hybridized carbons (Fsp3) is 0.200. The molecule has 1 atom stereocenters. The zero-order valence-electron chi connectivity index (χ0n) is 11.3. The molecule has 1 amide bonds. The summed E-state index contributed by atoms with van der Waals surface area (Å²) in [5, 5.41) is 3.64. The standard InChI is InChI=1S/C15H14ClFN2OS/c1-10(21-15-13(16)3-2-8-18-15)14(20)19-9-11-4-6-12(17)7-5-11/h2-8,10H,9H2,1H3,(H,19,20)/t10-/m1/s1. The highest BCUT2D eigenvalue weighted by Crippen LogP contribution is 2.27. The van der Waals surface area contributed by atoms with Crippen molar-refractivity contribution in [2.24, 2.45) is 0 Å². The van der Waals surface area contributed by atoms with Crippen molar-refractivity contribution in [2.45, 2.75) is 23.7 Å². The molecule has 1 aromatic heterocycles. The van der Waals surface area contributed by atoms with Crippen molar-refractivity contribution < 1.29 is 9.18 Å². The summed E-state index contributed by atoms with van der Waals surface area (Å²) in [4.78, 5) is 16.2. The van der Waals surface area contributed by atoms with Crippen LogP contribution in [0.25, 0.3) is 0 Å². The molecule has 0 bridgehead atoms. The van der Waals surface area contributed by atoms with Crippen molar-refractivity contribution >= 4 is 29.3 Å². The number of hydrogen-bond acceptors (Lipinski definition) is 3. The second-order valence-corrected chi connectivity index (χ2v) is 6.13. The average molecular weight is 325 g/mol. The van der Waals surface area contributed by atoms with E-state index in [1.165, 1.54) is 23.9 Å². The van der Waals surface area contributed by atoms with Crippen LogP contribution in [0.1, 0.15) is 12.5 Å². The molecule has 1 heterocycles. The Morgan fingerprint density at radius 1 is 1.38 bits per heavy atom. The molecule has 0 radical (unpaired) electrons. The second kappa shape index (κ2) is 7.43. The maximum absolute atomic E-state index is 12.8. The third-order valence-electron chi connectivity index (χ3n) is 2.76. The monoisotopic (exact) mass is 324 g/mol. The van der Waals surface area contributed by atoms with Crippen LogP contribution in [0.15, 0.2) is 47.6 Å². The lowest BCUT2D eigenvalue weighted by Crippen LogP contribution is -2.30. The van der Waals surface area contributed by atoms with Crippen LogP contribution in [0.2, 0.25) is 5.02 Å². The molecule has 3 nitrogen and oxygen atoms in total. The number of carbonyl (C=O) groups excluding carboxylic acids is 1. The number of pyridine rings is 1. The Morgan fingerprint density at radius 3 is 2.76 bits per heavy atom. The Balaban J connectivity index is 1.88. The molecular formula is C15H14ClFN2OS. The summed E-state index contributed by atoms with van der Waals surface area (Å²) in [6, 6.07) is 9.50. The minimum Gasteiger partial charge on any atom is -0.351 e. The Hall–Kier alpha value is -1.59. The number of aromatic nitrogens is 1. The van der Waals surface area contributed by atoms with Crippen LogP contribution in [-0.2, 0) is 11.3 Å². The number of rotatable bonds is 5. The normalized spacial score (nSPS) is 12.0. The maximum Gasteiger partial charge on any atom is 0.233 e. The van der Waals surface area contributed by atoms with E-state index in [2.05, 4.69) is 10.3 Å². The first kappa shape index (κ1) is 15.8. The van der Waals surface area contributed by atoms with Crippen LogP contribution in [0.4, 0.5) is 4.39 Å². The van der Waals surface area contributed by atoms with E-state index < -0.39 is 0 Å². The van der Waals surface area contributed by atoms with Gasteiger partial charge < -0.3 is 5.32 Å². The molecule has 0 saturated heterocycles. The molecule has 2 aromatic rings. The van der Waals surface area contributed by atoms with E-state index in [4.69, 9.17) is 11.6 Å². The Kier molecular flexibility index (Phi) is 5.59. The van der Waals surface area contributed by atoms with E-state index >= 15 is 0 Å². The van der Waals surface area contributed by atoms with Gasteiger partial charge in [-0.1, -0.05) is 35.5 Å². The van der Waals surface area contributed by atoms with E-state index in [1.54, 1.807) is 37.4 Å². The molecule has 0 saturated carbocycles. The minimum absolute atomic E-state index is 0.119. The Labute approximate surface area is 131 Å². The Bertz CT molecular complexity index is 621. The second-order valence-electron chi connectivity index (χ2n) is 4.39. The summed E-state index contributed by atoms with van der Waals surface area (Å²) in [7, 11) is 0. The van der Waals surface area contributed by atoms with Crippen molar-refractivity contribution in [2.75, 3.05) is 0 Å². The number of amides is 1. The topological polar surface area (TPSA) is 42.0 Å². The fourth-order valence-corrected chi connectivity index (χ4v) is 2.70. The molecular weight excluding hydrogens is 311 g/mol. The first-order valence-electron chi connectivity index (χ1n) is 6.35. The van der Waals surface area contributed by atoms with Gasteiger partial charge in [-0.2, -0.15) is 0 Å². The lowest BCUT2D eigenvalue weighted by Gasteiger charge is -2.12. The Morgan fingerprint density at radius 2 is 2.10 bits per heavy atom. The third kappa shape index (κ3) is 4.72. The van der Waals surface area contributed by atoms with Gasteiger partial charge in [-0.05, 0) is 36.8 Å². The number of nitrogens with one attached hydrogen (secondary N) is 1. The van der Waals surface area contributed by atoms with E-state index in [0.29, 0.717) is 16.6 Å². The van der Waals surface area contributed by atoms with Crippen molar-refractivity contribution in [1.29, 1.82) is 0 Å². The maximum atomic E-state index is 12.8. The molecule has 0 fully saturated rings. The summed E-state index contributed by atoms with van der Waals surface area (Å²) in [6.45, 7) is 2.15. The molecule has 0 aliphatic carbocycles. The molecule has 0 aliphatic rings. The van der Waals surface area contributed by atoms with Gasteiger partial charge in [0.2, 0.25) is 5.91 Å². The molecule has 0 unspecified atom stereocenters. The van der Waals surface area contributed by atoms with Gasteiger partial charge in [-0.25, -0.2) is 9.37 Å². The van der Waals surface area contributed by atoms with Crippen LogP contribution >= 0.6 is 23.4 Å². The van der Waals surface area contributed by atoms with Gasteiger partial charge in [0.15, 0.2) is 0 Å². The summed E-state index contributed by atoms with van der Waals surface area (Å²) in [6.07, 6.45) is 1.64. The van der Waals surface area contributed by atoms with E-state index in [0.717, 1.165) is 5.56 Å². The van der Waals surface area contributed by atoms with Gasteiger partial charge in [0.25, 0.3) is 0 Å². The lowest BCUT2D eigenvalue weighted by atomic mass is 10.2. The van der Waals surface area contributed by atoms with Crippen molar-refractivity contribution in [3.05, 3.63) is 59.0 Å². The molecule has 1 N–H and O–H groups in total. The third-order valence-corrected chi connectivity index (χ3v) is 4.30. The van der Waals surface area contributed by atoms with Gasteiger partial charge in [-0.3, -0.25) is 4.79 Å². The molecule has 1 aromatic carbocycles. The highest BCUT2D eigenvalue weighted by Gasteiger charge is 2.16. The molecule has 0 spiro atoms. The average Bonchev–Trinajstić information content (AvgIpc) is 2.48. The van der Waals surface area contributed by atoms with Gasteiger partial charge >= 0.3 is 0 Å². The van der Waals surface area contributed by atoms with Crippen molar-refractivity contribution in [3.63, 3.8) is 0 Å². The van der Waals surface area contributed by atoms with Gasteiger partial charge in [-0.15, -0.1) is 0 Å². The number of halogens is 2. The smallest absolute Gasteiger partial charge is 0.233 e. The molecule has 21 heavy (non-hydrogen) atoms. The summed E-state index contributed by atoms with van der Waals surface area (Å²) in [5.41, 5.74) is 0.845. The SMILES string of the molecule is C[C@@H](Sc1ncccc1Cl)C(=O)NCc1ccc(F)cc1. The first-order chi connectivity index (χ1) is 10.1. The summed E-state index contributed by atoms with van der Waals surface area (Å²) >= 11 is 7.31. The van der Waals surface area contributed by atoms with E-state index in [1.807, 2.05) is 0 Å². The zero-order chi connectivity index (χ0) is 15.2. The highest BCUT2D eigenvalue weighted by atomic mass is 35.5. The minimum atomic E-state index is -0.321. The predicted octanol–water partition coefficient (Wildman–Crippen LogP) is 3.67. The van der Waals surface area contributed by atoms with Gasteiger partial charge in [0.05, 0.1) is 10.3 Å². The van der Waals surface area contributed by atoms with Crippen LogP contribution < -0.4 is 5.32 Å². The van der Waals surface area contributed by atoms with Gasteiger partial charge in [0.1, 0.15) is 10.8 Å². The largest absolute Gasteiger partial charge is 0.351 e. The van der Waals surface area contributed by atoms with Crippen LogP contribution in [0.5, 0.6) is 0 Å². The predicted molar refractivity (Wildman–Crippen MR) is 82.8 cm³/mol. The number of carbonyl (C=O) groups is 1. The summed E-state index contributed by atoms with van der Waals surface area (Å²) in [5.74, 6) is -0.412. The van der Waals surface area contributed by atoms with E-state index in [9.17, 15) is 9.18 Å². The zero-order valence-corrected chi connectivity index (χ0v) is 12.9. The lowest BCUT2D eigenvalue weighted by molar-refractivity contribution is -0.120. The molecule has 110 valence electrons. The van der Waals surface area contributed by atoms with Crippen molar-refractivity contribution in [1.82, 2.24) is 10.3 Å². The summed E-state index contributed by atoms with van der Waals surface area (Å²) < 4.78 is 12.8. The molecule has 2 rings (SSSR count). The van der Waals surface area contributed by atoms with Gasteiger partial charge in [0, 0.05) is 12.7 Å². The number of benzene rings is 1. The number of thioether (sulfide) groups is 1. The van der Waals surface area contributed by atoms with Crippen LogP contribution in [-0.4, -0.2) is 16.1 Å². The molecule has 6 heteroatoms. The van der Waals surface area contributed by atoms with Crippen LogP contribution in [0, 0.1) is 5.82 Å². The molecule has 0 aliphatic heterocycles. The number of hydrogen-bond donors (Lipinski definition) is 1. The van der Waals surface area contributed by atoms with Crippen LogP contribution in [0.3, 0.4) is 0 Å². The quantitative estimate of drug-likeness (QED) is 0.853. The first-order valence-corrected chi connectivity index (χ1v) is 7.61. The fourth-order valence-electron chi connectivity index (χ4n) is 1.61. The highest BCUT2D eigenvalue weighted by molar-refractivity contribution is 8.00. The van der Waals surface area contributed by atoms with E-state index in [-0.39, 0.29) is 17.0 Å². The van der Waals surface area contributed by atoms with Crippen molar-refractivity contribution in [3.8, 4) is 0 Å².